The molecule has 0 atom stereocenters. The van der Waals surface area contributed by atoms with E-state index in [4.69, 9.17) is 0 Å². The van der Waals surface area contributed by atoms with E-state index in [1.54, 1.807) is 38.2 Å². The second-order valence-corrected chi connectivity index (χ2v) is 9.72. The highest BCUT2D eigenvalue weighted by atomic mass is 32.2. The molecule has 28 heavy (non-hydrogen) atoms. The van der Waals surface area contributed by atoms with E-state index in [-0.39, 0.29) is 15.6 Å². The molecule has 10 heteroatoms. The Balaban J connectivity index is 1.93. The monoisotopic (exact) mass is 420 g/mol. The topological polar surface area (TPSA) is 110 Å². The molecular weight excluding hydrogens is 400 g/mol. The molecular formula is C18H20N4O4S2. The molecule has 1 aromatic heterocycles. The van der Waals surface area contributed by atoms with Crippen LogP contribution < -0.4 is 9.44 Å². The average molecular weight is 421 g/mol. The summed E-state index contributed by atoms with van der Waals surface area (Å²) in [6.45, 7) is 3.50. The minimum absolute atomic E-state index is 0.0183. The van der Waals surface area contributed by atoms with Crippen molar-refractivity contribution in [3.05, 3.63) is 66.1 Å². The lowest BCUT2D eigenvalue weighted by molar-refractivity contribution is 0.596. The van der Waals surface area contributed by atoms with Gasteiger partial charge in [0.05, 0.1) is 16.9 Å². The average Bonchev–Trinajstić information content (AvgIpc) is 3.03. The number of hydrogen-bond donors (Lipinski definition) is 2. The van der Waals surface area contributed by atoms with Gasteiger partial charge in [0.1, 0.15) is 0 Å². The molecule has 148 valence electrons. The van der Waals surface area contributed by atoms with Crippen molar-refractivity contribution >= 4 is 31.4 Å². The summed E-state index contributed by atoms with van der Waals surface area (Å²) >= 11 is 0. The Labute approximate surface area is 164 Å². The molecule has 0 aliphatic carbocycles. The molecule has 8 nitrogen and oxygen atoms in total. The Morgan fingerprint density at radius 3 is 2.21 bits per heavy atom. The Morgan fingerprint density at radius 1 is 0.893 bits per heavy atom. The van der Waals surface area contributed by atoms with E-state index in [1.165, 1.54) is 29.2 Å². The third-order valence-corrected chi connectivity index (χ3v) is 6.75. The maximum absolute atomic E-state index is 12.8. The number of imidazole rings is 1. The van der Waals surface area contributed by atoms with Crippen LogP contribution >= 0.6 is 0 Å². The van der Waals surface area contributed by atoms with Gasteiger partial charge in [-0.05, 0) is 49.2 Å². The second kappa shape index (κ2) is 7.28. The predicted molar refractivity (Wildman–Crippen MR) is 107 cm³/mol. The van der Waals surface area contributed by atoms with Crippen LogP contribution in [0.1, 0.15) is 11.1 Å². The van der Waals surface area contributed by atoms with E-state index in [9.17, 15) is 16.8 Å². The Kier molecular flexibility index (Phi) is 5.18. The van der Waals surface area contributed by atoms with Gasteiger partial charge in [-0.25, -0.2) is 13.4 Å². The fourth-order valence-corrected chi connectivity index (χ4v) is 4.96. The molecule has 1 heterocycles. The SMILES string of the molecule is Cc1cccc(NS(=O)(=O)c2cc(NS(=O)(=O)c3cn(C)cn3)ccc2C)c1. The smallest absolute Gasteiger partial charge is 0.280 e. The Morgan fingerprint density at radius 2 is 1.57 bits per heavy atom. The van der Waals surface area contributed by atoms with Gasteiger partial charge in [0, 0.05) is 18.9 Å². The molecule has 0 saturated carbocycles. The highest BCUT2D eigenvalue weighted by Crippen LogP contribution is 2.24. The van der Waals surface area contributed by atoms with Crippen LogP contribution in [0.5, 0.6) is 0 Å². The summed E-state index contributed by atoms with van der Waals surface area (Å²) in [5, 5.41) is -0.155. The summed E-state index contributed by atoms with van der Waals surface area (Å²) in [6, 6.07) is 11.3. The van der Waals surface area contributed by atoms with Crippen LogP contribution in [0.2, 0.25) is 0 Å². The zero-order valence-corrected chi connectivity index (χ0v) is 17.2. The first-order valence-electron chi connectivity index (χ1n) is 8.28. The molecule has 0 saturated heterocycles. The minimum atomic E-state index is -3.93. The molecule has 3 aromatic rings. The first-order valence-corrected chi connectivity index (χ1v) is 11.2. The highest BCUT2D eigenvalue weighted by molar-refractivity contribution is 7.93. The maximum atomic E-state index is 12.8. The quantitative estimate of drug-likeness (QED) is 0.637. The van der Waals surface area contributed by atoms with Gasteiger partial charge in [0.25, 0.3) is 20.0 Å². The van der Waals surface area contributed by atoms with Crippen LogP contribution in [-0.4, -0.2) is 26.4 Å². The van der Waals surface area contributed by atoms with Crippen LogP contribution in [0, 0.1) is 13.8 Å². The van der Waals surface area contributed by atoms with Crippen LogP contribution in [0.3, 0.4) is 0 Å². The number of benzene rings is 2. The normalized spacial score (nSPS) is 12.0. The third-order valence-electron chi connectivity index (χ3n) is 3.96. The third kappa shape index (κ3) is 4.34. The van der Waals surface area contributed by atoms with Gasteiger partial charge in [-0.15, -0.1) is 0 Å². The summed E-state index contributed by atoms with van der Waals surface area (Å²) in [5.41, 5.74) is 1.95. The number of rotatable bonds is 6. The van der Waals surface area contributed by atoms with Crippen LogP contribution in [-0.2, 0) is 27.1 Å². The van der Waals surface area contributed by atoms with Crippen molar-refractivity contribution in [3.8, 4) is 0 Å². The number of nitrogens with zero attached hydrogens (tertiary/aromatic N) is 2. The van der Waals surface area contributed by atoms with Gasteiger partial charge in [0.2, 0.25) is 0 Å². The molecule has 0 aliphatic rings. The second-order valence-electron chi connectivity index (χ2n) is 6.44. The van der Waals surface area contributed by atoms with Gasteiger partial charge in [-0.3, -0.25) is 9.44 Å². The fourth-order valence-electron chi connectivity index (χ4n) is 2.61. The van der Waals surface area contributed by atoms with E-state index >= 15 is 0 Å². The lowest BCUT2D eigenvalue weighted by atomic mass is 10.2. The molecule has 0 radical (unpaired) electrons. The lowest BCUT2D eigenvalue weighted by Crippen LogP contribution is -2.17. The number of sulfonamides is 2. The molecule has 0 amide bonds. The lowest BCUT2D eigenvalue weighted by Gasteiger charge is -2.13. The summed E-state index contributed by atoms with van der Waals surface area (Å²) in [7, 11) is -6.18. The Hall–Kier alpha value is -2.85. The fraction of sp³-hybridized carbons (Fsp3) is 0.167. The molecule has 0 spiro atoms. The van der Waals surface area contributed by atoms with E-state index in [1.807, 2.05) is 13.0 Å². The molecule has 2 aromatic carbocycles. The van der Waals surface area contributed by atoms with E-state index < -0.39 is 20.0 Å². The van der Waals surface area contributed by atoms with Gasteiger partial charge in [-0.2, -0.15) is 8.42 Å². The number of anilines is 2. The number of aromatic nitrogens is 2. The van der Waals surface area contributed by atoms with Gasteiger partial charge >= 0.3 is 0 Å². The standard InChI is InChI=1S/C18H20N4O4S2/c1-13-5-4-6-15(9-13)20-27(23,24)17-10-16(8-7-14(17)2)21-28(25,26)18-11-22(3)12-19-18/h4-12,20-21H,1-3H3. The number of hydrogen-bond acceptors (Lipinski definition) is 5. The summed E-state index contributed by atoms with van der Waals surface area (Å²) in [5.74, 6) is 0. The minimum Gasteiger partial charge on any atom is -0.339 e. The van der Waals surface area contributed by atoms with Crippen LogP contribution in [0.4, 0.5) is 11.4 Å². The van der Waals surface area contributed by atoms with Crippen molar-refractivity contribution < 1.29 is 16.8 Å². The first-order chi connectivity index (χ1) is 13.1. The van der Waals surface area contributed by atoms with Crippen molar-refractivity contribution in [2.24, 2.45) is 7.05 Å². The highest BCUT2D eigenvalue weighted by Gasteiger charge is 2.21. The predicted octanol–water partition coefficient (Wildman–Crippen LogP) is 2.64. The maximum Gasteiger partial charge on any atom is 0.280 e. The Bertz CT molecular complexity index is 1230. The molecule has 0 fully saturated rings. The first kappa shape index (κ1) is 19.9. The molecule has 3 rings (SSSR count). The summed E-state index contributed by atoms with van der Waals surface area (Å²) in [4.78, 5) is 3.80. The molecule has 0 bridgehead atoms. The largest absolute Gasteiger partial charge is 0.339 e. The van der Waals surface area contributed by atoms with Gasteiger partial charge < -0.3 is 4.57 Å². The van der Waals surface area contributed by atoms with Crippen molar-refractivity contribution in [2.75, 3.05) is 9.44 Å². The van der Waals surface area contributed by atoms with Gasteiger partial charge in [-0.1, -0.05) is 18.2 Å². The zero-order chi connectivity index (χ0) is 20.5. The molecule has 0 aliphatic heterocycles. The van der Waals surface area contributed by atoms with E-state index in [2.05, 4.69) is 14.4 Å². The number of nitrogens with one attached hydrogen (secondary N) is 2. The summed E-state index contributed by atoms with van der Waals surface area (Å²) < 4.78 is 56.9. The van der Waals surface area contributed by atoms with Crippen LogP contribution in [0.25, 0.3) is 0 Å². The number of aryl methyl sites for hydroxylation is 3. The van der Waals surface area contributed by atoms with Crippen molar-refractivity contribution in [1.82, 2.24) is 9.55 Å². The van der Waals surface area contributed by atoms with Gasteiger partial charge in [0.15, 0.2) is 5.03 Å². The van der Waals surface area contributed by atoms with Crippen LogP contribution in [0.15, 0.2) is 64.9 Å². The zero-order valence-electron chi connectivity index (χ0n) is 15.5. The van der Waals surface area contributed by atoms with Crippen molar-refractivity contribution in [1.29, 1.82) is 0 Å². The van der Waals surface area contributed by atoms with Crippen molar-refractivity contribution in [2.45, 2.75) is 23.8 Å². The van der Waals surface area contributed by atoms with E-state index in [0.29, 0.717) is 11.3 Å². The summed E-state index contributed by atoms with van der Waals surface area (Å²) in [6.07, 6.45) is 2.72. The van der Waals surface area contributed by atoms with E-state index in [0.717, 1.165) is 5.56 Å². The molecule has 0 unspecified atom stereocenters. The molecule has 2 N–H and O–H groups in total. The van der Waals surface area contributed by atoms with Crippen molar-refractivity contribution in [3.63, 3.8) is 0 Å².